The van der Waals surface area contributed by atoms with Gasteiger partial charge in [-0.1, -0.05) is 11.2 Å². The first-order chi connectivity index (χ1) is 10.1. The predicted molar refractivity (Wildman–Crippen MR) is 87.9 cm³/mol. The van der Waals surface area contributed by atoms with Crippen LogP contribution in [0.25, 0.3) is 0 Å². The van der Waals surface area contributed by atoms with E-state index in [0.717, 1.165) is 23.1 Å². The van der Waals surface area contributed by atoms with Gasteiger partial charge in [0.2, 0.25) is 0 Å². The Kier molecular flexibility index (Phi) is 5.16. The lowest BCUT2D eigenvalue weighted by Crippen LogP contribution is -2.25. The zero-order valence-electron chi connectivity index (χ0n) is 11.7. The van der Waals surface area contributed by atoms with Crippen LogP contribution in [0.4, 0.5) is 5.69 Å². The second kappa shape index (κ2) is 7.08. The van der Waals surface area contributed by atoms with Gasteiger partial charge >= 0.3 is 0 Å². The molecule has 1 aromatic heterocycles. The van der Waals surface area contributed by atoms with Crippen LogP contribution in [0.5, 0.6) is 0 Å². The number of nitrogens with two attached hydrogens (primary N) is 1. The molecule has 0 saturated heterocycles. The smallest absolute Gasteiger partial charge is 0.173 e. The van der Waals surface area contributed by atoms with Gasteiger partial charge in [0.25, 0.3) is 0 Å². The van der Waals surface area contributed by atoms with Gasteiger partial charge in [-0.25, -0.2) is 0 Å². The average Bonchev–Trinajstić information content (AvgIpc) is 2.52. The molecule has 5 nitrogen and oxygen atoms in total. The van der Waals surface area contributed by atoms with E-state index >= 15 is 0 Å². The van der Waals surface area contributed by atoms with Gasteiger partial charge in [-0.05, 0) is 52.2 Å². The molecule has 3 N–H and O–H groups in total. The highest BCUT2D eigenvalue weighted by Gasteiger charge is 2.14. The summed E-state index contributed by atoms with van der Waals surface area (Å²) in [5, 5.41) is 12.1. The van der Waals surface area contributed by atoms with Crippen LogP contribution in [0.2, 0.25) is 0 Å². The van der Waals surface area contributed by atoms with E-state index in [1.165, 1.54) is 5.56 Å². The summed E-state index contributed by atoms with van der Waals surface area (Å²) in [7, 11) is 1.98. The molecule has 0 spiro atoms. The zero-order chi connectivity index (χ0) is 15.2. The molecule has 0 aliphatic rings. The lowest BCUT2D eigenvalue weighted by Gasteiger charge is -2.23. The minimum absolute atomic E-state index is 0.0910. The summed E-state index contributed by atoms with van der Waals surface area (Å²) in [6.07, 6.45) is 4.47. The number of aromatic nitrogens is 1. The molecule has 6 heteroatoms. The summed E-state index contributed by atoms with van der Waals surface area (Å²) in [4.78, 5) is 6.09. The first-order valence-electron chi connectivity index (χ1n) is 6.50. The number of likely N-dealkylation sites (N-methyl/N-ethyl adjacent to an activating group) is 1. The number of hydrogen-bond donors (Lipinski definition) is 2. The van der Waals surface area contributed by atoms with Crippen molar-refractivity contribution in [3.63, 3.8) is 0 Å². The Balaban J connectivity index is 2.19. The van der Waals surface area contributed by atoms with Crippen LogP contribution < -0.4 is 10.6 Å². The second-order valence-corrected chi connectivity index (χ2v) is 5.50. The summed E-state index contributed by atoms with van der Waals surface area (Å²) in [5.41, 5.74) is 8.60. The minimum Gasteiger partial charge on any atom is -0.409 e. The van der Waals surface area contributed by atoms with E-state index in [1.54, 1.807) is 12.4 Å². The normalized spacial score (nSPS) is 11.4. The van der Waals surface area contributed by atoms with E-state index in [2.05, 4.69) is 31.0 Å². The summed E-state index contributed by atoms with van der Waals surface area (Å²) in [6, 6.07) is 9.74. The number of anilines is 1. The lowest BCUT2D eigenvalue weighted by molar-refractivity contribution is 0.318. The Labute approximate surface area is 132 Å². The maximum atomic E-state index is 8.94. The molecule has 0 unspecified atom stereocenters. The van der Waals surface area contributed by atoms with E-state index in [-0.39, 0.29) is 5.84 Å². The molecule has 1 aromatic carbocycles. The third kappa shape index (κ3) is 3.72. The molecule has 0 atom stereocenters. The fraction of sp³-hybridized carbons (Fsp3) is 0.200. The van der Waals surface area contributed by atoms with Gasteiger partial charge in [0.1, 0.15) is 0 Å². The van der Waals surface area contributed by atoms with Crippen LogP contribution in [-0.4, -0.2) is 29.6 Å². The highest BCUT2D eigenvalue weighted by atomic mass is 79.9. The van der Waals surface area contributed by atoms with Crippen LogP contribution in [0.3, 0.4) is 0 Å². The van der Waals surface area contributed by atoms with Crippen LogP contribution in [0.15, 0.2) is 52.4 Å². The number of benzene rings is 1. The molecule has 2 rings (SSSR count). The van der Waals surface area contributed by atoms with Gasteiger partial charge in [0, 0.05) is 36.1 Å². The van der Waals surface area contributed by atoms with Crippen LogP contribution in [0, 0.1) is 0 Å². The predicted octanol–water partition coefficient (Wildman–Crippen LogP) is 2.62. The molecule has 0 amide bonds. The highest BCUT2D eigenvalue weighted by Crippen LogP contribution is 2.27. The lowest BCUT2D eigenvalue weighted by atomic mass is 10.1. The Hall–Kier alpha value is -2.08. The standard InChI is InChI=1S/C15H17BrN4O/c1-20(10-7-11-5-8-18-9-6-11)13-4-2-3-12(16)14(13)15(17)19-21/h2-6,8-9,21H,7,10H2,1H3,(H2,17,19). The van der Waals surface area contributed by atoms with Crippen LogP contribution >= 0.6 is 15.9 Å². The molecular weight excluding hydrogens is 332 g/mol. The third-order valence-electron chi connectivity index (χ3n) is 3.25. The molecule has 0 bridgehead atoms. The molecule has 0 aliphatic carbocycles. The van der Waals surface area contributed by atoms with Crippen molar-refractivity contribution in [2.45, 2.75) is 6.42 Å². The molecule has 0 radical (unpaired) electrons. The molecule has 0 fully saturated rings. The number of nitrogens with zero attached hydrogens (tertiary/aromatic N) is 3. The van der Waals surface area contributed by atoms with E-state index < -0.39 is 0 Å². The van der Waals surface area contributed by atoms with E-state index in [4.69, 9.17) is 10.9 Å². The number of halogens is 1. The van der Waals surface area contributed by atoms with Gasteiger partial charge in [-0.2, -0.15) is 0 Å². The fourth-order valence-corrected chi connectivity index (χ4v) is 2.66. The van der Waals surface area contributed by atoms with Crippen molar-refractivity contribution >= 4 is 27.5 Å². The first kappa shape index (κ1) is 15.3. The summed E-state index contributed by atoms with van der Waals surface area (Å²) < 4.78 is 0.797. The van der Waals surface area contributed by atoms with E-state index in [9.17, 15) is 0 Å². The molecule has 0 saturated carbocycles. The van der Waals surface area contributed by atoms with Gasteiger partial charge in [0.15, 0.2) is 5.84 Å². The van der Waals surface area contributed by atoms with Crippen molar-refractivity contribution in [2.75, 3.05) is 18.5 Å². The van der Waals surface area contributed by atoms with E-state index in [0.29, 0.717) is 5.56 Å². The Morgan fingerprint density at radius 3 is 2.71 bits per heavy atom. The van der Waals surface area contributed by atoms with Gasteiger partial charge in [-0.3, -0.25) is 4.98 Å². The average molecular weight is 349 g/mol. The minimum atomic E-state index is 0.0910. The maximum absolute atomic E-state index is 8.94. The van der Waals surface area contributed by atoms with Crippen LogP contribution in [0.1, 0.15) is 11.1 Å². The van der Waals surface area contributed by atoms with Crippen molar-refractivity contribution in [2.24, 2.45) is 10.9 Å². The summed E-state index contributed by atoms with van der Waals surface area (Å²) >= 11 is 3.45. The fourth-order valence-electron chi connectivity index (χ4n) is 2.10. The van der Waals surface area contributed by atoms with Gasteiger partial charge in [0.05, 0.1) is 5.56 Å². The number of oxime groups is 1. The maximum Gasteiger partial charge on any atom is 0.173 e. The van der Waals surface area contributed by atoms with Crippen molar-refractivity contribution < 1.29 is 5.21 Å². The molecule has 110 valence electrons. The Morgan fingerprint density at radius 1 is 1.33 bits per heavy atom. The van der Waals surface area contributed by atoms with Gasteiger partial charge < -0.3 is 15.8 Å². The molecule has 0 aliphatic heterocycles. The molecular formula is C15H17BrN4O. The third-order valence-corrected chi connectivity index (χ3v) is 3.91. The Bertz CT molecular complexity index is 631. The molecule has 1 heterocycles. The topological polar surface area (TPSA) is 74.7 Å². The van der Waals surface area contributed by atoms with Crippen molar-refractivity contribution in [1.29, 1.82) is 0 Å². The monoisotopic (exact) mass is 348 g/mol. The number of amidine groups is 1. The Morgan fingerprint density at radius 2 is 2.05 bits per heavy atom. The highest BCUT2D eigenvalue weighted by molar-refractivity contribution is 9.10. The molecule has 21 heavy (non-hydrogen) atoms. The first-order valence-corrected chi connectivity index (χ1v) is 7.29. The van der Waals surface area contributed by atoms with Crippen molar-refractivity contribution in [3.05, 3.63) is 58.3 Å². The zero-order valence-corrected chi connectivity index (χ0v) is 13.3. The second-order valence-electron chi connectivity index (χ2n) is 4.65. The SMILES string of the molecule is CN(CCc1ccncc1)c1cccc(Br)c1/C(N)=N/O. The van der Waals surface area contributed by atoms with Crippen LogP contribution in [-0.2, 0) is 6.42 Å². The number of hydrogen-bond acceptors (Lipinski definition) is 4. The van der Waals surface area contributed by atoms with E-state index in [1.807, 2.05) is 37.4 Å². The van der Waals surface area contributed by atoms with Crippen molar-refractivity contribution in [3.8, 4) is 0 Å². The largest absolute Gasteiger partial charge is 0.409 e. The van der Waals surface area contributed by atoms with Gasteiger partial charge in [-0.15, -0.1) is 0 Å². The summed E-state index contributed by atoms with van der Waals surface area (Å²) in [5.74, 6) is 0.0910. The van der Waals surface area contributed by atoms with Crippen molar-refractivity contribution in [1.82, 2.24) is 4.98 Å². The quantitative estimate of drug-likeness (QED) is 0.377. The molecule has 2 aromatic rings. The number of pyridine rings is 1. The summed E-state index contributed by atoms with van der Waals surface area (Å²) in [6.45, 7) is 0.812. The number of rotatable bonds is 5.